The number of hydrogen-bond donors (Lipinski definition) is 1. The maximum absolute atomic E-state index is 13.1. The lowest BCUT2D eigenvalue weighted by molar-refractivity contribution is 0.106. The number of nitrogens with zero attached hydrogens (tertiary/aromatic N) is 1. The van der Waals surface area contributed by atoms with Crippen molar-refractivity contribution >= 4 is 22.3 Å². The third-order valence-corrected chi connectivity index (χ3v) is 4.87. The van der Waals surface area contributed by atoms with Crippen molar-refractivity contribution in [1.29, 1.82) is 0 Å². The van der Waals surface area contributed by atoms with Gasteiger partial charge < -0.3 is 14.9 Å². The maximum Gasteiger partial charge on any atom is 0.231 e. The van der Waals surface area contributed by atoms with Crippen LogP contribution in [0.3, 0.4) is 0 Å². The smallest absolute Gasteiger partial charge is 0.231 e. The Labute approximate surface area is 150 Å². The molecule has 0 aliphatic carbocycles. The molecule has 0 saturated carbocycles. The minimum atomic E-state index is -0.108. The molecule has 5 rings (SSSR count). The summed E-state index contributed by atoms with van der Waals surface area (Å²) in [6.07, 6.45) is 0. The summed E-state index contributed by atoms with van der Waals surface area (Å²) in [5.74, 6) is 1.29. The summed E-state index contributed by atoms with van der Waals surface area (Å²) in [5, 5.41) is 6.45. The van der Waals surface area contributed by atoms with E-state index in [0.717, 1.165) is 22.1 Å². The molecular weight excluding hydrogens is 328 g/mol. The average Bonchev–Trinajstić information content (AvgIpc) is 3.35. The number of fused-ring (bicyclic) bond motifs is 2. The van der Waals surface area contributed by atoms with Gasteiger partial charge in [0.25, 0.3) is 0 Å². The van der Waals surface area contributed by atoms with Gasteiger partial charge in [0, 0.05) is 12.1 Å². The molecule has 2 heterocycles. The number of carbonyl (C=O) groups excluding carboxylic acids is 1. The molecule has 5 heteroatoms. The lowest BCUT2D eigenvalue weighted by atomic mass is 9.89. The number of carbonyl (C=O) groups is 1. The van der Waals surface area contributed by atoms with Crippen molar-refractivity contribution in [3.05, 3.63) is 71.8 Å². The molecule has 0 bridgehead atoms. The van der Waals surface area contributed by atoms with Crippen LogP contribution in [0, 0.1) is 0 Å². The van der Waals surface area contributed by atoms with Gasteiger partial charge in [0.05, 0.1) is 5.92 Å². The van der Waals surface area contributed by atoms with Crippen LogP contribution in [0.2, 0.25) is 0 Å². The molecule has 1 unspecified atom stereocenters. The van der Waals surface area contributed by atoms with Gasteiger partial charge in [-0.25, -0.2) is 0 Å². The number of Topliss-reactive ketones (excluding diaryl/α,β-unsaturated/α-hetero) is 1. The molecule has 1 atom stereocenters. The van der Waals surface area contributed by atoms with E-state index >= 15 is 0 Å². The maximum atomic E-state index is 13.1. The summed E-state index contributed by atoms with van der Waals surface area (Å²) in [5.41, 5.74) is 5.14. The van der Waals surface area contributed by atoms with Gasteiger partial charge in [-0.05, 0) is 34.5 Å². The van der Waals surface area contributed by atoms with Crippen molar-refractivity contribution < 1.29 is 14.3 Å². The van der Waals surface area contributed by atoms with E-state index in [1.807, 2.05) is 60.7 Å². The van der Waals surface area contributed by atoms with E-state index in [1.54, 1.807) is 0 Å². The largest absolute Gasteiger partial charge is 0.454 e. The van der Waals surface area contributed by atoms with Crippen LogP contribution in [0.25, 0.3) is 10.8 Å². The van der Waals surface area contributed by atoms with Gasteiger partial charge in [0.2, 0.25) is 12.6 Å². The number of nitrogens with one attached hydrogen (secondary N) is 1. The second-order valence-corrected chi connectivity index (χ2v) is 6.42. The van der Waals surface area contributed by atoms with Crippen LogP contribution in [0.4, 0.5) is 0 Å². The first kappa shape index (κ1) is 15.0. The molecule has 0 radical (unpaired) electrons. The van der Waals surface area contributed by atoms with E-state index in [1.165, 1.54) is 0 Å². The Morgan fingerprint density at radius 3 is 2.73 bits per heavy atom. The Bertz CT molecular complexity index is 1060. The first-order chi connectivity index (χ1) is 12.8. The second kappa shape index (κ2) is 5.88. The summed E-state index contributed by atoms with van der Waals surface area (Å²) in [7, 11) is 0. The van der Waals surface area contributed by atoms with E-state index in [4.69, 9.17) is 9.47 Å². The zero-order valence-corrected chi connectivity index (χ0v) is 13.9. The molecule has 0 aromatic heterocycles. The van der Waals surface area contributed by atoms with Crippen molar-refractivity contribution in [1.82, 2.24) is 5.43 Å². The summed E-state index contributed by atoms with van der Waals surface area (Å²) >= 11 is 0. The molecule has 0 amide bonds. The van der Waals surface area contributed by atoms with Gasteiger partial charge in [-0.1, -0.05) is 42.5 Å². The number of hydrazone groups is 1. The molecule has 0 saturated heterocycles. The summed E-state index contributed by atoms with van der Waals surface area (Å²) in [6.45, 7) is 0.826. The quantitative estimate of drug-likeness (QED) is 0.739. The number of rotatable bonds is 3. The molecule has 3 aromatic rings. The molecular formula is C21H16N2O3. The van der Waals surface area contributed by atoms with E-state index in [0.29, 0.717) is 23.6 Å². The minimum Gasteiger partial charge on any atom is -0.454 e. The van der Waals surface area contributed by atoms with Gasteiger partial charge in [0.15, 0.2) is 11.5 Å². The lowest BCUT2D eigenvalue weighted by Crippen LogP contribution is -2.21. The highest BCUT2D eigenvalue weighted by molar-refractivity contribution is 6.48. The third-order valence-electron chi connectivity index (χ3n) is 4.87. The molecule has 5 nitrogen and oxygen atoms in total. The van der Waals surface area contributed by atoms with E-state index < -0.39 is 0 Å². The van der Waals surface area contributed by atoms with Crippen LogP contribution < -0.4 is 14.9 Å². The Hall–Kier alpha value is -3.34. The summed E-state index contributed by atoms with van der Waals surface area (Å²) in [6, 6.07) is 19.6. The molecule has 0 spiro atoms. The van der Waals surface area contributed by atoms with Crippen molar-refractivity contribution in [2.45, 2.75) is 5.92 Å². The van der Waals surface area contributed by atoms with Crippen LogP contribution in [0.5, 0.6) is 11.5 Å². The molecule has 0 fully saturated rings. The number of ether oxygens (including phenoxy) is 2. The topological polar surface area (TPSA) is 59.9 Å². The van der Waals surface area contributed by atoms with Crippen LogP contribution in [-0.2, 0) is 0 Å². The van der Waals surface area contributed by atoms with Crippen molar-refractivity contribution in [3.63, 3.8) is 0 Å². The van der Waals surface area contributed by atoms with Gasteiger partial charge >= 0.3 is 0 Å². The first-order valence-corrected chi connectivity index (χ1v) is 8.53. The summed E-state index contributed by atoms with van der Waals surface area (Å²) < 4.78 is 10.8. The van der Waals surface area contributed by atoms with Crippen LogP contribution in [0.15, 0.2) is 65.8 Å². The second-order valence-electron chi connectivity index (χ2n) is 6.42. The highest BCUT2D eigenvalue weighted by atomic mass is 16.7. The fourth-order valence-corrected chi connectivity index (χ4v) is 3.49. The minimum absolute atomic E-state index is 0.0524. The first-order valence-electron chi connectivity index (χ1n) is 8.53. The molecule has 1 N–H and O–H groups in total. The van der Waals surface area contributed by atoms with Crippen LogP contribution in [0.1, 0.15) is 21.8 Å². The molecule has 128 valence electrons. The lowest BCUT2D eigenvalue weighted by Gasteiger charge is -2.12. The normalized spacial score (nSPS) is 17.8. The molecule has 2 aliphatic rings. The van der Waals surface area contributed by atoms with Gasteiger partial charge in [-0.15, -0.1) is 0 Å². The predicted octanol–water partition coefficient (Wildman–Crippen LogP) is 3.49. The van der Waals surface area contributed by atoms with E-state index in [-0.39, 0.29) is 18.5 Å². The van der Waals surface area contributed by atoms with Crippen molar-refractivity contribution in [2.24, 2.45) is 5.10 Å². The van der Waals surface area contributed by atoms with Crippen molar-refractivity contribution in [3.8, 4) is 11.5 Å². The zero-order valence-electron chi connectivity index (χ0n) is 13.9. The highest BCUT2D eigenvalue weighted by Gasteiger charge is 2.30. The standard InChI is InChI=1S/C21H16N2O3/c24-21(16-6-5-13-3-1-2-4-14(13)9-16)20-17(11-22-23-20)15-7-8-18-19(10-15)26-12-25-18/h1-10,17,22H,11-12H2. The summed E-state index contributed by atoms with van der Waals surface area (Å²) in [4.78, 5) is 13.1. The van der Waals surface area contributed by atoms with Gasteiger partial charge in [-0.3, -0.25) is 4.79 Å². The Morgan fingerprint density at radius 2 is 1.81 bits per heavy atom. The highest BCUT2D eigenvalue weighted by Crippen LogP contribution is 2.35. The monoisotopic (exact) mass is 344 g/mol. The number of hydrogen-bond acceptors (Lipinski definition) is 5. The Kier molecular flexibility index (Phi) is 3.38. The third kappa shape index (κ3) is 2.40. The van der Waals surface area contributed by atoms with E-state index in [9.17, 15) is 4.79 Å². The molecule has 3 aromatic carbocycles. The SMILES string of the molecule is O=C(C1=NNCC1c1ccc2c(c1)OCO2)c1ccc2ccccc2c1. The Balaban J connectivity index is 1.48. The van der Waals surface area contributed by atoms with E-state index in [2.05, 4.69) is 10.5 Å². The molecule has 26 heavy (non-hydrogen) atoms. The van der Waals surface area contributed by atoms with Gasteiger partial charge in [-0.2, -0.15) is 5.10 Å². The fourth-order valence-electron chi connectivity index (χ4n) is 3.49. The average molecular weight is 344 g/mol. The fraction of sp³-hybridized carbons (Fsp3) is 0.143. The van der Waals surface area contributed by atoms with Crippen LogP contribution >= 0.6 is 0 Å². The molecule has 2 aliphatic heterocycles. The van der Waals surface area contributed by atoms with Gasteiger partial charge in [0.1, 0.15) is 5.71 Å². The Morgan fingerprint density at radius 1 is 0.962 bits per heavy atom. The predicted molar refractivity (Wildman–Crippen MR) is 99.0 cm³/mol. The van der Waals surface area contributed by atoms with Crippen molar-refractivity contribution in [2.75, 3.05) is 13.3 Å². The number of benzene rings is 3. The zero-order chi connectivity index (χ0) is 17.5. The number of ketones is 1. The van der Waals surface area contributed by atoms with Crippen LogP contribution in [-0.4, -0.2) is 24.8 Å².